The highest BCUT2D eigenvalue weighted by Gasteiger charge is 2.30. The number of halogens is 1. The summed E-state index contributed by atoms with van der Waals surface area (Å²) >= 11 is 3.89. The molecule has 1 fully saturated rings. The molecule has 1 heterocycles. The van der Waals surface area contributed by atoms with Crippen molar-refractivity contribution < 1.29 is 4.79 Å². The van der Waals surface area contributed by atoms with Crippen LogP contribution in [0.15, 0.2) is 30.3 Å². The average Bonchev–Trinajstić information content (AvgIpc) is 2.46. The van der Waals surface area contributed by atoms with Crippen LogP contribution in [-0.4, -0.2) is 35.0 Å². The lowest BCUT2D eigenvalue weighted by molar-refractivity contribution is -0.126. The Labute approximate surface area is 135 Å². The van der Waals surface area contributed by atoms with E-state index in [4.69, 9.17) is 5.73 Å². The Morgan fingerprint density at radius 3 is 2.70 bits per heavy atom. The van der Waals surface area contributed by atoms with Gasteiger partial charge >= 0.3 is 0 Å². The first-order valence-corrected chi connectivity index (χ1v) is 8.63. The molecule has 0 bridgehead atoms. The van der Waals surface area contributed by atoms with Crippen LogP contribution in [0.1, 0.15) is 12.5 Å². The average molecular weight is 333 g/mol. The molecule has 1 aliphatic heterocycles. The molecule has 2 atom stereocenters. The monoisotopic (exact) mass is 332 g/mol. The Balaban J connectivity index is 0.00000200. The molecule has 112 valence electrons. The highest BCUT2D eigenvalue weighted by atomic mass is 35.5. The molecule has 1 saturated heterocycles. The third kappa shape index (κ3) is 4.58. The molecule has 0 aliphatic carbocycles. The van der Waals surface area contributed by atoms with Crippen LogP contribution in [0.25, 0.3) is 0 Å². The van der Waals surface area contributed by atoms with E-state index in [-0.39, 0.29) is 18.3 Å². The van der Waals surface area contributed by atoms with Gasteiger partial charge in [0.1, 0.15) is 5.54 Å². The van der Waals surface area contributed by atoms with E-state index in [9.17, 15) is 4.79 Å². The molecule has 6 heteroatoms. The summed E-state index contributed by atoms with van der Waals surface area (Å²) in [5.41, 5.74) is 6.05. The van der Waals surface area contributed by atoms with Crippen molar-refractivity contribution in [1.29, 1.82) is 0 Å². The molecule has 1 aliphatic rings. The van der Waals surface area contributed by atoms with Gasteiger partial charge < -0.3 is 11.1 Å². The standard InChI is InChI=1S/C14H20N2OS2.ClH/c1-14(15,11-5-3-2-4-6-11)13(17)16-9-12-10-18-7-8-19-12;/h2-6,12H,7-10,15H2,1H3,(H,16,17);1H. The number of thioether (sulfide) groups is 2. The lowest BCUT2D eigenvalue weighted by atomic mass is 9.92. The van der Waals surface area contributed by atoms with Crippen LogP contribution in [0, 0.1) is 0 Å². The number of nitrogens with one attached hydrogen (secondary N) is 1. The molecule has 0 spiro atoms. The summed E-state index contributed by atoms with van der Waals surface area (Å²) in [6.45, 7) is 2.47. The first-order chi connectivity index (χ1) is 9.10. The van der Waals surface area contributed by atoms with Crippen LogP contribution in [0.4, 0.5) is 0 Å². The van der Waals surface area contributed by atoms with Gasteiger partial charge in [-0.05, 0) is 12.5 Å². The number of hydrogen-bond acceptors (Lipinski definition) is 4. The summed E-state index contributed by atoms with van der Waals surface area (Å²) in [6, 6.07) is 9.52. The highest BCUT2D eigenvalue weighted by Crippen LogP contribution is 2.24. The largest absolute Gasteiger partial charge is 0.353 e. The third-order valence-electron chi connectivity index (χ3n) is 3.22. The molecule has 0 saturated carbocycles. The molecule has 2 unspecified atom stereocenters. The highest BCUT2D eigenvalue weighted by molar-refractivity contribution is 8.06. The predicted octanol–water partition coefficient (Wildman–Crippen LogP) is 2.25. The zero-order valence-corrected chi connectivity index (χ0v) is 14.0. The first-order valence-electron chi connectivity index (χ1n) is 6.43. The van der Waals surface area contributed by atoms with Gasteiger partial charge in [-0.15, -0.1) is 12.4 Å². The number of rotatable bonds is 4. The van der Waals surface area contributed by atoms with E-state index in [1.165, 1.54) is 11.5 Å². The van der Waals surface area contributed by atoms with Crippen LogP contribution >= 0.6 is 35.9 Å². The van der Waals surface area contributed by atoms with E-state index in [0.29, 0.717) is 11.8 Å². The molecule has 20 heavy (non-hydrogen) atoms. The second kappa shape index (κ2) is 8.17. The molecule has 3 N–H and O–H groups in total. The molecular formula is C14H21ClN2OS2. The fourth-order valence-corrected chi connectivity index (χ4v) is 4.57. The van der Waals surface area contributed by atoms with Crippen LogP contribution in [0.3, 0.4) is 0 Å². The van der Waals surface area contributed by atoms with Crippen molar-refractivity contribution in [3.05, 3.63) is 35.9 Å². The van der Waals surface area contributed by atoms with Crippen molar-refractivity contribution in [2.75, 3.05) is 23.8 Å². The third-order valence-corrected chi connectivity index (χ3v) is 6.07. The van der Waals surface area contributed by atoms with Gasteiger partial charge in [-0.1, -0.05) is 30.3 Å². The number of amides is 1. The van der Waals surface area contributed by atoms with Gasteiger partial charge in [0.05, 0.1) is 0 Å². The minimum Gasteiger partial charge on any atom is -0.353 e. The van der Waals surface area contributed by atoms with Gasteiger partial charge in [0, 0.05) is 29.1 Å². The summed E-state index contributed by atoms with van der Waals surface area (Å²) in [4.78, 5) is 12.3. The number of benzene rings is 1. The Bertz CT molecular complexity index is 422. The van der Waals surface area contributed by atoms with Crippen LogP contribution in [0.5, 0.6) is 0 Å². The zero-order valence-electron chi connectivity index (χ0n) is 11.5. The quantitative estimate of drug-likeness (QED) is 0.888. The van der Waals surface area contributed by atoms with Crippen molar-refractivity contribution >= 4 is 41.8 Å². The second-order valence-corrected chi connectivity index (χ2v) is 7.40. The molecule has 1 aromatic carbocycles. The van der Waals surface area contributed by atoms with Crippen LogP contribution in [0.2, 0.25) is 0 Å². The molecule has 1 amide bonds. The summed E-state index contributed by atoms with van der Waals surface area (Å²) in [5.74, 6) is 3.39. The Hall–Kier alpha value is -0.360. The lowest BCUT2D eigenvalue weighted by Crippen LogP contribution is -2.50. The van der Waals surface area contributed by atoms with E-state index < -0.39 is 5.54 Å². The first kappa shape index (κ1) is 17.7. The smallest absolute Gasteiger partial charge is 0.244 e. The Morgan fingerprint density at radius 1 is 1.40 bits per heavy atom. The summed E-state index contributed by atoms with van der Waals surface area (Å²) in [6.07, 6.45) is 0. The van der Waals surface area contributed by atoms with E-state index >= 15 is 0 Å². The lowest BCUT2D eigenvalue weighted by Gasteiger charge is -2.26. The molecule has 0 aromatic heterocycles. The van der Waals surface area contributed by atoms with E-state index in [1.807, 2.05) is 53.9 Å². The fourth-order valence-electron chi connectivity index (χ4n) is 1.96. The van der Waals surface area contributed by atoms with Gasteiger partial charge in [-0.2, -0.15) is 23.5 Å². The Kier molecular flexibility index (Phi) is 7.23. The molecule has 0 radical (unpaired) electrons. The zero-order chi connectivity index (χ0) is 13.7. The minimum absolute atomic E-state index is 0. The summed E-state index contributed by atoms with van der Waals surface area (Å²) in [7, 11) is 0. The Morgan fingerprint density at radius 2 is 2.10 bits per heavy atom. The van der Waals surface area contributed by atoms with Gasteiger partial charge in [-0.3, -0.25) is 4.79 Å². The van der Waals surface area contributed by atoms with Crippen molar-refractivity contribution in [3.8, 4) is 0 Å². The normalized spacial score (nSPS) is 21.4. The van der Waals surface area contributed by atoms with Gasteiger partial charge in [0.15, 0.2) is 0 Å². The van der Waals surface area contributed by atoms with E-state index in [2.05, 4.69) is 5.32 Å². The van der Waals surface area contributed by atoms with Gasteiger partial charge in [-0.25, -0.2) is 0 Å². The van der Waals surface area contributed by atoms with Gasteiger partial charge in [0.25, 0.3) is 0 Å². The van der Waals surface area contributed by atoms with Crippen LogP contribution < -0.4 is 11.1 Å². The maximum absolute atomic E-state index is 12.3. The SMILES string of the molecule is CC(N)(C(=O)NCC1CSCCS1)c1ccccc1.Cl. The van der Waals surface area contributed by atoms with Crippen LogP contribution in [-0.2, 0) is 10.3 Å². The topological polar surface area (TPSA) is 55.1 Å². The number of carbonyl (C=O) groups is 1. The molecule has 2 rings (SSSR count). The predicted molar refractivity (Wildman–Crippen MR) is 91.8 cm³/mol. The maximum Gasteiger partial charge on any atom is 0.244 e. The number of carbonyl (C=O) groups excluding carboxylic acids is 1. The second-order valence-electron chi connectivity index (χ2n) is 4.85. The number of nitrogens with two attached hydrogens (primary N) is 1. The van der Waals surface area contributed by atoms with E-state index in [1.54, 1.807) is 6.92 Å². The van der Waals surface area contributed by atoms with Crippen molar-refractivity contribution in [2.24, 2.45) is 5.73 Å². The number of hydrogen-bond donors (Lipinski definition) is 2. The molecule has 1 aromatic rings. The van der Waals surface area contributed by atoms with Crippen molar-refractivity contribution in [2.45, 2.75) is 17.7 Å². The fraction of sp³-hybridized carbons (Fsp3) is 0.500. The maximum atomic E-state index is 12.3. The summed E-state index contributed by atoms with van der Waals surface area (Å²) < 4.78 is 0. The molecular weight excluding hydrogens is 312 g/mol. The van der Waals surface area contributed by atoms with Crippen molar-refractivity contribution in [1.82, 2.24) is 5.32 Å². The summed E-state index contributed by atoms with van der Waals surface area (Å²) in [5, 5.41) is 3.50. The van der Waals surface area contributed by atoms with Gasteiger partial charge in [0.2, 0.25) is 5.91 Å². The minimum atomic E-state index is -0.965. The van der Waals surface area contributed by atoms with Crippen molar-refractivity contribution in [3.63, 3.8) is 0 Å². The van der Waals surface area contributed by atoms with E-state index in [0.717, 1.165) is 11.3 Å². The molecule has 3 nitrogen and oxygen atoms in total.